The van der Waals surface area contributed by atoms with Crippen LogP contribution in [0.1, 0.15) is 65.3 Å². The molecule has 2 fully saturated rings. The number of nitrogens with zero attached hydrogens (tertiary/aromatic N) is 6. The van der Waals surface area contributed by atoms with Crippen molar-refractivity contribution in [1.82, 2.24) is 28.9 Å². The van der Waals surface area contributed by atoms with Crippen LogP contribution in [0.15, 0.2) is 43.0 Å². The second kappa shape index (κ2) is 10.4. The molecule has 0 spiro atoms. The summed E-state index contributed by atoms with van der Waals surface area (Å²) >= 11 is 0. The van der Waals surface area contributed by atoms with Gasteiger partial charge < -0.3 is 9.30 Å². The van der Waals surface area contributed by atoms with E-state index in [1.807, 2.05) is 40.8 Å². The lowest BCUT2D eigenvalue weighted by molar-refractivity contribution is 0.0553. The Kier molecular flexibility index (Phi) is 8.07. The molecule has 2 bridgehead atoms. The highest BCUT2D eigenvalue weighted by Crippen LogP contribution is 2.45. The van der Waals surface area contributed by atoms with Gasteiger partial charge in [0, 0.05) is 35.9 Å². The molecule has 0 saturated carbocycles. The molecule has 0 unspecified atom stereocenters. The lowest BCUT2D eigenvalue weighted by Crippen LogP contribution is -2.47. The molecule has 0 N–H and O–H groups in total. The molecule has 2 aliphatic heterocycles. The smallest absolute Gasteiger partial charge is 0.280 e. The van der Waals surface area contributed by atoms with Crippen LogP contribution in [0.3, 0.4) is 0 Å². The largest absolute Gasteiger partial charge is 0.332 e. The van der Waals surface area contributed by atoms with E-state index >= 15 is 0 Å². The molecule has 1 amide bonds. The Hall–Kier alpha value is -2.31. The van der Waals surface area contributed by atoms with Crippen molar-refractivity contribution >= 4 is 57.7 Å². The van der Waals surface area contributed by atoms with Crippen molar-refractivity contribution in [2.75, 3.05) is 0 Å². The average Bonchev–Trinajstić information content (AvgIpc) is 3.47. The van der Waals surface area contributed by atoms with E-state index in [1.165, 1.54) is 12.4 Å². The van der Waals surface area contributed by atoms with E-state index in [2.05, 4.69) is 21.1 Å². The van der Waals surface area contributed by atoms with Gasteiger partial charge in [0.05, 0.1) is 11.3 Å². The first-order valence-electron chi connectivity index (χ1n) is 10.9. The van der Waals surface area contributed by atoms with Gasteiger partial charge in [0.1, 0.15) is 12.0 Å². The van der Waals surface area contributed by atoms with Crippen molar-refractivity contribution in [3.63, 3.8) is 0 Å². The van der Waals surface area contributed by atoms with Crippen LogP contribution < -0.4 is 0 Å². The molecule has 0 aliphatic carbocycles. The summed E-state index contributed by atoms with van der Waals surface area (Å²) in [5, 5.41) is 4.23. The van der Waals surface area contributed by atoms with Gasteiger partial charge in [-0.2, -0.15) is 50.6 Å². The summed E-state index contributed by atoms with van der Waals surface area (Å²) in [5.41, 5.74) is 3.18. The molecule has 2 saturated heterocycles. The van der Waals surface area contributed by atoms with Crippen LogP contribution in [0.5, 0.6) is 0 Å². The molecule has 0 radical (unpaired) electrons. The van der Waals surface area contributed by atoms with Crippen LogP contribution in [0.4, 0.5) is 8.78 Å². The quantitative estimate of drug-likeness (QED) is 0.385. The van der Waals surface area contributed by atoms with E-state index in [1.54, 1.807) is 4.52 Å². The number of hydrogen-bond acceptors (Lipinski definition) is 4. The van der Waals surface area contributed by atoms with Crippen molar-refractivity contribution in [2.45, 2.75) is 57.0 Å². The normalized spacial score (nSPS) is 21.0. The number of halogens is 2. The van der Waals surface area contributed by atoms with Gasteiger partial charge in [0.25, 0.3) is 18.1 Å². The lowest BCUT2D eigenvalue weighted by Gasteiger charge is -2.40. The number of fused-ring (bicyclic) bond motifs is 4. The Bertz CT molecular complexity index is 1360. The molecule has 12 heteroatoms. The highest BCUT2D eigenvalue weighted by atomic mass is 32.1. The van der Waals surface area contributed by atoms with E-state index in [0.717, 1.165) is 36.8 Å². The summed E-state index contributed by atoms with van der Waals surface area (Å²) in [6, 6.07) is 7.45. The molecular weight excluding hydrogens is 510 g/mol. The third-order valence-corrected chi connectivity index (χ3v) is 6.93. The highest BCUT2D eigenvalue weighted by Gasteiger charge is 2.46. The SMILES string of the molecule is Cc1cc2ccc(C(=O)N3[C@H]4CC[C@H](c5cc(C(F)F)nc6ncnn56)[C@@H]3CC4)cn2c1.S.S.S. The number of carbonyl (C=O) groups excluding carboxylic acids is 1. The molecule has 188 valence electrons. The summed E-state index contributed by atoms with van der Waals surface area (Å²) in [4.78, 5) is 23.6. The third-order valence-electron chi connectivity index (χ3n) is 6.93. The molecule has 4 aromatic rings. The zero-order valence-electron chi connectivity index (χ0n) is 19.0. The number of alkyl halides is 2. The zero-order valence-corrected chi connectivity index (χ0v) is 22.0. The van der Waals surface area contributed by atoms with E-state index in [-0.39, 0.29) is 75.9 Å². The fraction of sp³-hybridized carbons (Fsp3) is 0.391. The Morgan fingerprint density at radius 2 is 1.83 bits per heavy atom. The standard InChI is InChI=1S/C23H22F2N6O.3H2S/c1-13-8-16-3-2-14(11-29(16)10-13)22(32)30-15-4-6-17(19(30)7-5-15)20-9-18(21(24)25)28-23-26-12-27-31(20)23;;;/h2-3,8-12,15,17,19,21H,4-7H2,1H3;3*1H2/t15-,17-,19-;;;/m0.../s1. The fourth-order valence-corrected chi connectivity index (χ4v) is 5.58. The van der Waals surface area contributed by atoms with E-state index in [4.69, 9.17) is 0 Å². The molecule has 35 heavy (non-hydrogen) atoms. The number of hydrogen-bond donors (Lipinski definition) is 0. The minimum atomic E-state index is -2.69. The van der Waals surface area contributed by atoms with Crippen molar-refractivity contribution in [2.24, 2.45) is 0 Å². The highest BCUT2D eigenvalue weighted by molar-refractivity contribution is 7.59. The first kappa shape index (κ1) is 27.3. The molecule has 6 rings (SSSR count). The predicted molar refractivity (Wildman–Crippen MR) is 144 cm³/mol. The van der Waals surface area contributed by atoms with Crippen molar-refractivity contribution in [3.8, 4) is 0 Å². The second-order valence-electron chi connectivity index (χ2n) is 8.84. The van der Waals surface area contributed by atoms with Crippen molar-refractivity contribution < 1.29 is 13.6 Å². The molecule has 7 nitrogen and oxygen atoms in total. The Morgan fingerprint density at radius 3 is 2.60 bits per heavy atom. The average molecular weight is 539 g/mol. The first-order chi connectivity index (χ1) is 15.5. The summed E-state index contributed by atoms with van der Waals surface area (Å²) in [6.45, 7) is 2.03. The van der Waals surface area contributed by atoms with Crippen LogP contribution in [-0.4, -0.2) is 46.9 Å². The summed E-state index contributed by atoms with van der Waals surface area (Å²) in [6.07, 6.45) is 5.94. The number of piperidine rings is 1. The van der Waals surface area contributed by atoms with Crippen molar-refractivity contribution in [1.29, 1.82) is 0 Å². The minimum absolute atomic E-state index is 0. The number of aryl methyl sites for hydroxylation is 1. The molecule has 6 heterocycles. The summed E-state index contributed by atoms with van der Waals surface area (Å²) in [7, 11) is 0. The maximum absolute atomic E-state index is 13.6. The molecule has 2 aliphatic rings. The van der Waals surface area contributed by atoms with E-state index in [9.17, 15) is 13.6 Å². The van der Waals surface area contributed by atoms with Crippen LogP contribution in [-0.2, 0) is 0 Å². The second-order valence-corrected chi connectivity index (χ2v) is 8.84. The minimum Gasteiger partial charge on any atom is -0.332 e. The van der Waals surface area contributed by atoms with Gasteiger partial charge in [0.2, 0.25) is 0 Å². The molecule has 4 aromatic heterocycles. The number of carbonyl (C=O) groups is 1. The maximum Gasteiger partial charge on any atom is 0.280 e. The van der Waals surface area contributed by atoms with Gasteiger partial charge >= 0.3 is 0 Å². The first-order valence-corrected chi connectivity index (χ1v) is 10.9. The van der Waals surface area contributed by atoms with Gasteiger partial charge in [-0.3, -0.25) is 4.79 Å². The molecule has 0 aromatic carbocycles. The molecule has 3 atom stereocenters. The van der Waals surface area contributed by atoms with E-state index in [0.29, 0.717) is 11.3 Å². The number of amides is 1. The van der Waals surface area contributed by atoms with Crippen LogP contribution in [0, 0.1) is 6.92 Å². The van der Waals surface area contributed by atoms with E-state index < -0.39 is 6.43 Å². The predicted octanol–water partition coefficient (Wildman–Crippen LogP) is 4.51. The Labute approximate surface area is 222 Å². The number of pyridine rings is 1. The summed E-state index contributed by atoms with van der Waals surface area (Å²) < 4.78 is 30.5. The van der Waals surface area contributed by atoms with Crippen LogP contribution >= 0.6 is 40.5 Å². The number of rotatable bonds is 3. The zero-order chi connectivity index (χ0) is 22.0. The third kappa shape index (κ3) is 4.51. The van der Waals surface area contributed by atoms with Crippen LogP contribution in [0.25, 0.3) is 11.3 Å². The van der Waals surface area contributed by atoms with Gasteiger partial charge in [-0.25, -0.2) is 18.3 Å². The summed E-state index contributed by atoms with van der Waals surface area (Å²) in [5.74, 6) is 0.0672. The van der Waals surface area contributed by atoms with Gasteiger partial charge in [-0.05, 0) is 62.4 Å². The lowest BCUT2D eigenvalue weighted by atomic mass is 9.86. The fourth-order valence-electron chi connectivity index (χ4n) is 5.58. The Balaban J connectivity index is 0.00000114. The number of aromatic nitrogens is 5. The monoisotopic (exact) mass is 538 g/mol. The van der Waals surface area contributed by atoms with Gasteiger partial charge in [-0.1, -0.05) is 0 Å². The maximum atomic E-state index is 13.6. The Morgan fingerprint density at radius 1 is 1.06 bits per heavy atom. The van der Waals surface area contributed by atoms with Gasteiger partial charge in [0.15, 0.2) is 0 Å². The van der Waals surface area contributed by atoms with Gasteiger partial charge in [-0.15, -0.1) is 0 Å². The van der Waals surface area contributed by atoms with Crippen LogP contribution in [0.2, 0.25) is 0 Å². The van der Waals surface area contributed by atoms with Crippen molar-refractivity contribution in [3.05, 3.63) is 65.5 Å². The topological polar surface area (TPSA) is 67.8 Å². The molecular formula is C23H28F2N6OS3.